The van der Waals surface area contributed by atoms with Crippen LogP contribution in [0.1, 0.15) is 19.8 Å². The lowest BCUT2D eigenvalue weighted by Gasteiger charge is -2.15. The lowest BCUT2D eigenvalue weighted by Crippen LogP contribution is -2.29. The molecule has 2 aromatic rings. The fraction of sp³-hybridized carbons (Fsp3) is 0.308. The Balaban J connectivity index is 2.36. The Morgan fingerprint density at radius 3 is 3.00 bits per heavy atom. The molecule has 0 aliphatic rings. The maximum atomic E-state index is 11.2. The number of rotatable bonds is 5. The summed E-state index contributed by atoms with van der Waals surface area (Å²) in [6, 6.07) is 2.99. The zero-order chi connectivity index (χ0) is 13.8. The van der Waals surface area contributed by atoms with Crippen LogP contribution in [0.15, 0.2) is 29.0 Å². The monoisotopic (exact) mass is 323 g/mol. The summed E-state index contributed by atoms with van der Waals surface area (Å²) < 4.78 is 0.841. The third-order valence-corrected chi connectivity index (χ3v) is 3.18. The molecule has 0 saturated heterocycles. The Kier molecular flexibility index (Phi) is 4.31. The van der Waals surface area contributed by atoms with E-state index in [0.29, 0.717) is 17.6 Å². The first kappa shape index (κ1) is 13.7. The van der Waals surface area contributed by atoms with Gasteiger partial charge < -0.3 is 10.4 Å². The van der Waals surface area contributed by atoms with Crippen molar-refractivity contribution in [3.8, 4) is 0 Å². The molecular formula is C13H14BrN3O2. The molecule has 0 fully saturated rings. The number of nitrogens with one attached hydrogen (secondary N) is 1. The Bertz CT molecular complexity index is 603. The van der Waals surface area contributed by atoms with Crippen LogP contribution in [0.5, 0.6) is 0 Å². The molecule has 0 radical (unpaired) electrons. The number of halogens is 1. The van der Waals surface area contributed by atoms with Gasteiger partial charge in [-0.1, -0.05) is 13.3 Å². The highest BCUT2D eigenvalue weighted by molar-refractivity contribution is 9.10. The summed E-state index contributed by atoms with van der Waals surface area (Å²) in [5, 5.41) is 12.2. The van der Waals surface area contributed by atoms with Gasteiger partial charge in [0.2, 0.25) is 0 Å². The van der Waals surface area contributed by atoms with E-state index in [2.05, 4.69) is 31.2 Å². The third-order valence-electron chi connectivity index (χ3n) is 2.75. The molecule has 1 unspecified atom stereocenters. The average molecular weight is 324 g/mol. The van der Waals surface area contributed by atoms with Gasteiger partial charge in [-0.2, -0.15) is 0 Å². The predicted octanol–water partition coefficient (Wildman–Crippen LogP) is 3.06. The van der Waals surface area contributed by atoms with Crippen LogP contribution in [0.3, 0.4) is 0 Å². The molecule has 19 heavy (non-hydrogen) atoms. The molecule has 0 amide bonds. The van der Waals surface area contributed by atoms with E-state index < -0.39 is 12.0 Å². The minimum atomic E-state index is -0.857. The van der Waals surface area contributed by atoms with Crippen LogP contribution < -0.4 is 5.32 Å². The summed E-state index contributed by atoms with van der Waals surface area (Å²) in [6.07, 6.45) is 4.68. The van der Waals surface area contributed by atoms with Crippen LogP contribution in [0.25, 0.3) is 11.0 Å². The molecule has 6 heteroatoms. The second kappa shape index (κ2) is 5.97. The van der Waals surface area contributed by atoms with E-state index in [4.69, 9.17) is 0 Å². The highest BCUT2D eigenvalue weighted by atomic mass is 79.9. The second-order valence-electron chi connectivity index (χ2n) is 4.20. The van der Waals surface area contributed by atoms with Crippen LogP contribution in [-0.4, -0.2) is 27.1 Å². The average Bonchev–Trinajstić information content (AvgIpc) is 2.37. The number of fused-ring (bicyclic) bond motifs is 1. The molecule has 100 valence electrons. The number of aromatic nitrogens is 2. The van der Waals surface area contributed by atoms with Crippen LogP contribution in [0.2, 0.25) is 0 Å². The van der Waals surface area contributed by atoms with Crippen molar-refractivity contribution in [1.82, 2.24) is 9.97 Å². The first-order valence-electron chi connectivity index (χ1n) is 6.01. The van der Waals surface area contributed by atoms with Crippen molar-refractivity contribution in [2.24, 2.45) is 0 Å². The highest BCUT2D eigenvalue weighted by Gasteiger charge is 2.17. The summed E-state index contributed by atoms with van der Waals surface area (Å²) in [5.41, 5.74) is 2.09. The summed E-state index contributed by atoms with van der Waals surface area (Å²) >= 11 is 3.34. The SMILES string of the molecule is CCCC(Nc1ccnc2cc(Br)cnc12)C(=O)O. The number of carbonyl (C=O) groups is 1. The van der Waals surface area contributed by atoms with Gasteiger partial charge in [0.1, 0.15) is 11.6 Å². The van der Waals surface area contributed by atoms with Gasteiger partial charge in [0.05, 0.1) is 11.2 Å². The van der Waals surface area contributed by atoms with Crippen LogP contribution in [0, 0.1) is 0 Å². The zero-order valence-electron chi connectivity index (χ0n) is 10.4. The minimum Gasteiger partial charge on any atom is -0.480 e. The number of anilines is 1. The van der Waals surface area contributed by atoms with Crippen molar-refractivity contribution >= 4 is 38.6 Å². The molecule has 1 atom stereocenters. The largest absolute Gasteiger partial charge is 0.480 e. The summed E-state index contributed by atoms with van der Waals surface area (Å²) in [5.74, 6) is -0.857. The first-order valence-corrected chi connectivity index (χ1v) is 6.80. The number of hydrogen-bond donors (Lipinski definition) is 2. The van der Waals surface area contributed by atoms with Gasteiger partial charge in [0.15, 0.2) is 0 Å². The molecule has 0 aliphatic carbocycles. The number of carboxylic acids is 1. The predicted molar refractivity (Wildman–Crippen MR) is 77.2 cm³/mol. The number of carboxylic acid groups (broad SMARTS) is 1. The Morgan fingerprint density at radius 1 is 1.53 bits per heavy atom. The van der Waals surface area contributed by atoms with E-state index >= 15 is 0 Å². The topological polar surface area (TPSA) is 75.1 Å². The van der Waals surface area contributed by atoms with Gasteiger partial charge in [0.25, 0.3) is 0 Å². The van der Waals surface area contributed by atoms with Crippen molar-refractivity contribution < 1.29 is 9.90 Å². The van der Waals surface area contributed by atoms with Gasteiger partial charge in [-0.25, -0.2) is 4.79 Å². The molecule has 2 rings (SSSR count). The quantitative estimate of drug-likeness (QED) is 0.884. The van der Waals surface area contributed by atoms with Gasteiger partial charge in [-0.3, -0.25) is 9.97 Å². The van der Waals surface area contributed by atoms with E-state index in [1.807, 2.05) is 13.0 Å². The number of hydrogen-bond acceptors (Lipinski definition) is 4. The molecule has 0 aromatic carbocycles. The Labute approximate surface area is 119 Å². The first-order chi connectivity index (χ1) is 9.11. The molecule has 0 aliphatic heterocycles. The van der Waals surface area contributed by atoms with Gasteiger partial charge >= 0.3 is 5.97 Å². The minimum absolute atomic E-state index is 0.565. The van der Waals surface area contributed by atoms with Crippen LogP contribution >= 0.6 is 15.9 Å². The molecule has 0 spiro atoms. The second-order valence-corrected chi connectivity index (χ2v) is 5.12. The highest BCUT2D eigenvalue weighted by Crippen LogP contribution is 2.23. The Morgan fingerprint density at radius 2 is 2.32 bits per heavy atom. The van der Waals surface area contributed by atoms with Crippen LogP contribution in [0.4, 0.5) is 5.69 Å². The molecule has 2 N–H and O–H groups in total. The number of aliphatic carboxylic acids is 1. The van der Waals surface area contributed by atoms with E-state index in [1.165, 1.54) is 0 Å². The molecule has 5 nitrogen and oxygen atoms in total. The molecule has 2 heterocycles. The lowest BCUT2D eigenvalue weighted by molar-refractivity contribution is -0.138. The van der Waals surface area contributed by atoms with Crippen molar-refractivity contribution in [2.45, 2.75) is 25.8 Å². The third kappa shape index (κ3) is 3.20. The normalized spacial score (nSPS) is 12.3. The van der Waals surface area contributed by atoms with Gasteiger partial charge in [0, 0.05) is 16.9 Å². The van der Waals surface area contributed by atoms with Gasteiger partial charge in [-0.05, 0) is 34.5 Å². The van der Waals surface area contributed by atoms with Crippen LogP contribution in [-0.2, 0) is 4.79 Å². The fourth-order valence-corrected chi connectivity index (χ4v) is 2.18. The van der Waals surface area contributed by atoms with Crippen molar-refractivity contribution in [1.29, 1.82) is 0 Å². The maximum Gasteiger partial charge on any atom is 0.326 e. The summed E-state index contributed by atoms with van der Waals surface area (Å²) in [7, 11) is 0. The molecule has 2 aromatic heterocycles. The van der Waals surface area contributed by atoms with Gasteiger partial charge in [-0.15, -0.1) is 0 Å². The smallest absolute Gasteiger partial charge is 0.326 e. The standard InChI is InChI=1S/C13H14BrN3O2/c1-2-3-10(13(18)19)17-9-4-5-15-11-6-8(14)7-16-12(9)11/h4-7,10H,2-3H2,1H3,(H,15,17)(H,18,19). The molecule has 0 bridgehead atoms. The summed E-state index contributed by atoms with van der Waals surface area (Å²) in [6.45, 7) is 1.96. The van der Waals surface area contributed by atoms with Crippen molar-refractivity contribution in [2.75, 3.05) is 5.32 Å². The molecule has 0 saturated carbocycles. The maximum absolute atomic E-state index is 11.2. The van der Waals surface area contributed by atoms with E-state index in [1.54, 1.807) is 18.5 Å². The number of pyridine rings is 2. The lowest BCUT2D eigenvalue weighted by atomic mass is 10.1. The zero-order valence-corrected chi connectivity index (χ0v) is 12.0. The molecular weight excluding hydrogens is 310 g/mol. The number of nitrogens with zero attached hydrogens (tertiary/aromatic N) is 2. The summed E-state index contributed by atoms with van der Waals surface area (Å²) in [4.78, 5) is 19.7. The van der Waals surface area contributed by atoms with E-state index in [9.17, 15) is 9.90 Å². The van der Waals surface area contributed by atoms with Crippen molar-refractivity contribution in [3.63, 3.8) is 0 Å². The Hall–Kier alpha value is -1.69. The van der Waals surface area contributed by atoms with E-state index in [0.717, 1.165) is 16.4 Å². The van der Waals surface area contributed by atoms with Crippen molar-refractivity contribution in [3.05, 3.63) is 29.0 Å². The fourth-order valence-electron chi connectivity index (χ4n) is 1.86. The van der Waals surface area contributed by atoms with E-state index in [-0.39, 0.29) is 0 Å².